The molecule has 0 aliphatic carbocycles. The summed E-state index contributed by atoms with van der Waals surface area (Å²) in [6.07, 6.45) is -1.74. The Labute approximate surface area is 79.9 Å². The number of aliphatic hydroxyl groups excluding tert-OH is 1. The maximum Gasteiger partial charge on any atom is 0.335 e. The molecule has 1 saturated heterocycles. The number of carboxylic acid groups (broad SMARTS) is 1. The quantitative estimate of drug-likeness (QED) is 0.387. The van der Waals surface area contributed by atoms with Crippen molar-refractivity contribution in [3.8, 4) is 0 Å². The Morgan fingerprint density at radius 3 is 2.93 bits per heavy atom. The molecule has 0 aromatic heterocycles. The van der Waals surface area contributed by atoms with Crippen molar-refractivity contribution in [2.24, 2.45) is 5.11 Å². The molecule has 0 spiro atoms. The van der Waals surface area contributed by atoms with Crippen LogP contribution in [0.1, 0.15) is 12.8 Å². The first kappa shape index (κ1) is 10.8. The molecule has 0 radical (unpaired) electrons. The SMILES string of the molecule is [N-]=[N+]=NC[C@H]1CC[C@H](O)[C@@H](C(=O)O)O1. The summed E-state index contributed by atoms with van der Waals surface area (Å²) < 4.78 is 5.05. The summed E-state index contributed by atoms with van der Waals surface area (Å²) in [4.78, 5) is 13.1. The Kier molecular flexibility index (Phi) is 3.70. The molecule has 0 amide bonds. The van der Waals surface area contributed by atoms with E-state index in [0.29, 0.717) is 12.8 Å². The lowest BCUT2D eigenvalue weighted by Crippen LogP contribution is -2.44. The van der Waals surface area contributed by atoms with Crippen LogP contribution in [0.2, 0.25) is 0 Å². The van der Waals surface area contributed by atoms with E-state index in [1.807, 2.05) is 0 Å². The molecule has 0 bridgehead atoms. The molecule has 0 saturated carbocycles. The molecular weight excluding hydrogens is 190 g/mol. The predicted octanol–water partition coefficient (Wildman–Crippen LogP) is 0.290. The second-order valence-corrected chi connectivity index (χ2v) is 3.08. The first-order valence-electron chi connectivity index (χ1n) is 4.22. The number of aliphatic hydroxyl groups is 1. The average Bonchev–Trinajstić information content (AvgIpc) is 2.16. The largest absolute Gasteiger partial charge is 0.479 e. The number of hydrogen-bond acceptors (Lipinski definition) is 4. The van der Waals surface area contributed by atoms with E-state index in [2.05, 4.69) is 10.0 Å². The van der Waals surface area contributed by atoms with Gasteiger partial charge in [0.1, 0.15) is 0 Å². The van der Waals surface area contributed by atoms with Gasteiger partial charge in [-0.1, -0.05) is 5.11 Å². The Hall–Kier alpha value is -1.30. The van der Waals surface area contributed by atoms with E-state index in [9.17, 15) is 9.90 Å². The summed E-state index contributed by atoms with van der Waals surface area (Å²) >= 11 is 0. The lowest BCUT2D eigenvalue weighted by molar-refractivity contribution is -0.172. The number of azide groups is 1. The molecule has 1 fully saturated rings. The smallest absolute Gasteiger partial charge is 0.335 e. The van der Waals surface area contributed by atoms with Crippen LogP contribution < -0.4 is 0 Å². The van der Waals surface area contributed by atoms with E-state index < -0.39 is 24.3 Å². The molecule has 0 unspecified atom stereocenters. The van der Waals surface area contributed by atoms with Gasteiger partial charge in [-0.25, -0.2) is 4.79 Å². The highest BCUT2D eigenvalue weighted by atomic mass is 16.5. The summed E-state index contributed by atoms with van der Waals surface area (Å²) in [5.74, 6) is -1.19. The minimum Gasteiger partial charge on any atom is -0.479 e. The minimum absolute atomic E-state index is 0.104. The van der Waals surface area contributed by atoms with E-state index in [4.69, 9.17) is 15.4 Å². The predicted molar refractivity (Wildman–Crippen MR) is 45.6 cm³/mol. The standard InChI is InChI=1S/C7H11N3O4/c8-10-9-3-4-1-2-5(11)6(14-4)7(12)13/h4-6,11H,1-3H2,(H,12,13)/t4-,5+,6+/m1/s1. The normalized spacial score (nSPS) is 31.9. The van der Waals surface area contributed by atoms with E-state index in [-0.39, 0.29) is 6.54 Å². The molecule has 14 heavy (non-hydrogen) atoms. The lowest BCUT2D eigenvalue weighted by Gasteiger charge is -2.30. The van der Waals surface area contributed by atoms with Gasteiger partial charge in [-0.05, 0) is 18.4 Å². The van der Waals surface area contributed by atoms with Crippen molar-refractivity contribution in [1.82, 2.24) is 0 Å². The second kappa shape index (κ2) is 4.80. The zero-order valence-electron chi connectivity index (χ0n) is 7.41. The highest BCUT2D eigenvalue weighted by Crippen LogP contribution is 2.20. The number of aliphatic carboxylic acids is 1. The van der Waals surface area contributed by atoms with Crippen molar-refractivity contribution < 1.29 is 19.7 Å². The van der Waals surface area contributed by atoms with Crippen LogP contribution in [0.5, 0.6) is 0 Å². The van der Waals surface area contributed by atoms with Crippen molar-refractivity contribution in [2.45, 2.75) is 31.2 Å². The topological polar surface area (TPSA) is 116 Å². The zero-order chi connectivity index (χ0) is 10.6. The van der Waals surface area contributed by atoms with E-state index >= 15 is 0 Å². The lowest BCUT2D eigenvalue weighted by atomic mass is 10.0. The molecule has 1 rings (SSSR count). The third-order valence-electron chi connectivity index (χ3n) is 2.06. The van der Waals surface area contributed by atoms with Crippen molar-refractivity contribution >= 4 is 5.97 Å². The van der Waals surface area contributed by atoms with Gasteiger partial charge < -0.3 is 14.9 Å². The second-order valence-electron chi connectivity index (χ2n) is 3.08. The molecule has 78 valence electrons. The zero-order valence-corrected chi connectivity index (χ0v) is 7.41. The molecule has 0 aromatic carbocycles. The summed E-state index contributed by atoms with van der Waals surface area (Å²) in [6, 6.07) is 0. The van der Waals surface area contributed by atoms with Gasteiger partial charge >= 0.3 is 5.97 Å². The Morgan fingerprint density at radius 2 is 2.36 bits per heavy atom. The molecule has 2 N–H and O–H groups in total. The number of ether oxygens (including phenoxy) is 1. The highest BCUT2D eigenvalue weighted by molar-refractivity contribution is 5.73. The van der Waals surface area contributed by atoms with Crippen LogP contribution in [0.15, 0.2) is 5.11 Å². The summed E-state index contributed by atoms with van der Waals surface area (Å²) in [7, 11) is 0. The molecule has 7 heteroatoms. The Balaban J connectivity index is 2.52. The summed E-state index contributed by atoms with van der Waals surface area (Å²) in [6.45, 7) is 0.104. The van der Waals surface area contributed by atoms with Crippen LogP contribution in [-0.2, 0) is 9.53 Å². The monoisotopic (exact) mass is 201 g/mol. The van der Waals surface area contributed by atoms with Crippen LogP contribution in [0.25, 0.3) is 10.4 Å². The van der Waals surface area contributed by atoms with Crippen LogP contribution in [0.4, 0.5) is 0 Å². The highest BCUT2D eigenvalue weighted by Gasteiger charge is 2.34. The van der Waals surface area contributed by atoms with Crippen molar-refractivity contribution in [3.63, 3.8) is 0 Å². The maximum atomic E-state index is 10.6. The minimum atomic E-state index is -1.21. The number of carboxylic acids is 1. The van der Waals surface area contributed by atoms with Crippen molar-refractivity contribution in [2.75, 3.05) is 6.54 Å². The molecule has 7 nitrogen and oxygen atoms in total. The molecule has 0 aromatic rings. The number of nitrogens with zero attached hydrogens (tertiary/aromatic N) is 3. The summed E-state index contributed by atoms with van der Waals surface area (Å²) in [5, 5.41) is 21.2. The number of rotatable bonds is 3. The molecule has 1 aliphatic rings. The summed E-state index contributed by atoms with van der Waals surface area (Å²) in [5.41, 5.74) is 8.06. The Bertz CT molecular complexity index is 264. The van der Waals surface area contributed by atoms with Crippen LogP contribution in [-0.4, -0.2) is 41.0 Å². The van der Waals surface area contributed by atoms with E-state index in [1.165, 1.54) is 0 Å². The van der Waals surface area contributed by atoms with Gasteiger partial charge in [0.15, 0.2) is 6.10 Å². The fourth-order valence-electron chi connectivity index (χ4n) is 1.36. The first-order chi connectivity index (χ1) is 6.65. The van der Waals surface area contributed by atoms with Gasteiger partial charge in [-0.2, -0.15) is 0 Å². The average molecular weight is 201 g/mol. The van der Waals surface area contributed by atoms with Crippen molar-refractivity contribution in [3.05, 3.63) is 10.4 Å². The molecular formula is C7H11N3O4. The molecule has 1 heterocycles. The fraction of sp³-hybridized carbons (Fsp3) is 0.857. The maximum absolute atomic E-state index is 10.6. The number of hydrogen-bond donors (Lipinski definition) is 2. The van der Waals surface area contributed by atoms with Crippen LogP contribution >= 0.6 is 0 Å². The van der Waals surface area contributed by atoms with Crippen LogP contribution in [0, 0.1) is 0 Å². The molecule has 1 aliphatic heterocycles. The third kappa shape index (κ3) is 2.59. The van der Waals surface area contributed by atoms with E-state index in [1.54, 1.807) is 0 Å². The van der Waals surface area contributed by atoms with Gasteiger partial charge in [0, 0.05) is 4.91 Å². The fourth-order valence-corrected chi connectivity index (χ4v) is 1.36. The van der Waals surface area contributed by atoms with Gasteiger partial charge in [-0.3, -0.25) is 0 Å². The third-order valence-corrected chi connectivity index (χ3v) is 2.06. The number of carbonyl (C=O) groups is 1. The van der Waals surface area contributed by atoms with Gasteiger partial charge in [0.25, 0.3) is 0 Å². The van der Waals surface area contributed by atoms with Gasteiger partial charge in [0.05, 0.1) is 18.8 Å². The van der Waals surface area contributed by atoms with Crippen molar-refractivity contribution in [1.29, 1.82) is 0 Å². The van der Waals surface area contributed by atoms with Crippen LogP contribution in [0.3, 0.4) is 0 Å². The van der Waals surface area contributed by atoms with Gasteiger partial charge in [-0.15, -0.1) is 0 Å². The molecule has 3 atom stereocenters. The van der Waals surface area contributed by atoms with Gasteiger partial charge in [0.2, 0.25) is 0 Å². The Morgan fingerprint density at radius 1 is 1.64 bits per heavy atom. The van der Waals surface area contributed by atoms with E-state index in [0.717, 1.165) is 0 Å². The first-order valence-corrected chi connectivity index (χ1v) is 4.22.